The van der Waals surface area contributed by atoms with Crippen LogP contribution in [-0.4, -0.2) is 19.7 Å². The standard InChI is InChI=1S/C9H18N2O2S/c1-4-7-9(5-2,8-10)14(12,13)11-6-3/h11H,4-7H2,1-3H3. The Hall–Kier alpha value is -0.600. The van der Waals surface area contributed by atoms with E-state index in [-0.39, 0.29) is 0 Å². The van der Waals surface area contributed by atoms with E-state index in [0.29, 0.717) is 25.8 Å². The Labute approximate surface area is 86.4 Å². The minimum atomic E-state index is -3.51. The molecule has 0 aromatic rings. The smallest absolute Gasteiger partial charge is 0.214 e. The Morgan fingerprint density at radius 3 is 2.21 bits per heavy atom. The number of sulfonamides is 1. The lowest BCUT2D eigenvalue weighted by molar-refractivity contribution is 0.514. The third kappa shape index (κ3) is 2.46. The maximum atomic E-state index is 11.8. The first-order chi connectivity index (χ1) is 6.49. The number of hydrogen-bond acceptors (Lipinski definition) is 3. The van der Waals surface area contributed by atoms with Crippen molar-refractivity contribution in [3.8, 4) is 6.07 Å². The van der Waals surface area contributed by atoms with Crippen molar-refractivity contribution in [2.75, 3.05) is 6.54 Å². The lowest BCUT2D eigenvalue weighted by Crippen LogP contribution is -2.44. The van der Waals surface area contributed by atoms with Crippen molar-refractivity contribution in [1.29, 1.82) is 5.26 Å². The van der Waals surface area contributed by atoms with Gasteiger partial charge in [-0.2, -0.15) is 5.26 Å². The second kappa shape index (κ2) is 5.32. The zero-order valence-corrected chi connectivity index (χ0v) is 9.82. The highest BCUT2D eigenvalue weighted by Gasteiger charge is 2.41. The summed E-state index contributed by atoms with van der Waals surface area (Å²) >= 11 is 0. The normalized spacial score (nSPS) is 15.9. The SMILES string of the molecule is CCCC(C#N)(CC)S(=O)(=O)NCC. The van der Waals surface area contributed by atoms with Gasteiger partial charge in [0.05, 0.1) is 6.07 Å². The summed E-state index contributed by atoms with van der Waals surface area (Å²) in [6, 6.07) is 1.94. The summed E-state index contributed by atoms with van der Waals surface area (Å²) in [6.45, 7) is 5.65. The van der Waals surface area contributed by atoms with Crippen LogP contribution < -0.4 is 4.72 Å². The molecule has 0 aromatic carbocycles. The molecule has 0 aliphatic heterocycles. The predicted molar refractivity (Wildman–Crippen MR) is 56.1 cm³/mol. The predicted octanol–water partition coefficient (Wildman–Crippen LogP) is 1.40. The van der Waals surface area contributed by atoms with Crippen LogP contribution in [0.2, 0.25) is 0 Å². The topological polar surface area (TPSA) is 70.0 Å². The summed E-state index contributed by atoms with van der Waals surface area (Å²) in [5, 5.41) is 9.00. The van der Waals surface area contributed by atoms with Gasteiger partial charge in [-0.15, -0.1) is 0 Å². The molecule has 0 radical (unpaired) electrons. The minimum Gasteiger partial charge on any atom is -0.214 e. The van der Waals surface area contributed by atoms with Crippen LogP contribution in [0.25, 0.3) is 0 Å². The van der Waals surface area contributed by atoms with Crippen LogP contribution in [0.3, 0.4) is 0 Å². The summed E-state index contributed by atoms with van der Waals surface area (Å²) in [4.78, 5) is 0. The second-order valence-corrected chi connectivity index (χ2v) is 5.29. The van der Waals surface area contributed by atoms with Crippen LogP contribution in [0, 0.1) is 11.3 Å². The third-order valence-corrected chi connectivity index (χ3v) is 4.56. The van der Waals surface area contributed by atoms with Crippen LogP contribution in [0.4, 0.5) is 0 Å². The summed E-state index contributed by atoms with van der Waals surface area (Å²) < 4.78 is 24.7. The molecule has 0 fully saturated rings. The van der Waals surface area contributed by atoms with E-state index in [1.165, 1.54) is 0 Å². The van der Waals surface area contributed by atoms with Gasteiger partial charge in [0, 0.05) is 6.54 Å². The van der Waals surface area contributed by atoms with Crippen LogP contribution in [0.1, 0.15) is 40.0 Å². The Morgan fingerprint density at radius 2 is 1.93 bits per heavy atom. The molecule has 0 spiro atoms. The molecular weight excluding hydrogens is 200 g/mol. The molecule has 0 saturated heterocycles. The first-order valence-corrected chi connectivity index (χ1v) is 6.38. The first-order valence-electron chi connectivity index (χ1n) is 4.90. The Balaban J connectivity index is 5.10. The fourth-order valence-electron chi connectivity index (χ4n) is 1.43. The van der Waals surface area contributed by atoms with Crippen molar-refractivity contribution in [3.05, 3.63) is 0 Å². The fraction of sp³-hybridized carbons (Fsp3) is 0.889. The van der Waals surface area contributed by atoms with Gasteiger partial charge >= 0.3 is 0 Å². The second-order valence-electron chi connectivity index (χ2n) is 3.21. The van der Waals surface area contributed by atoms with Crippen molar-refractivity contribution in [3.63, 3.8) is 0 Å². The molecule has 5 heteroatoms. The highest BCUT2D eigenvalue weighted by Crippen LogP contribution is 2.25. The summed E-state index contributed by atoms with van der Waals surface area (Å²) in [5.74, 6) is 0. The number of hydrogen-bond donors (Lipinski definition) is 1. The van der Waals surface area contributed by atoms with E-state index >= 15 is 0 Å². The van der Waals surface area contributed by atoms with Crippen molar-refractivity contribution in [2.45, 2.75) is 44.8 Å². The van der Waals surface area contributed by atoms with E-state index < -0.39 is 14.8 Å². The van der Waals surface area contributed by atoms with Gasteiger partial charge in [0.15, 0.2) is 4.75 Å². The van der Waals surface area contributed by atoms with Gasteiger partial charge in [-0.05, 0) is 12.8 Å². The Bertz CT molecular complexity index is 305. The van der Waals surface area contributed by atoms with Gasteiger partial charge in [0.25, 0.3) is 0 Å². The van der Waals surface area contributed by atoms with Crippen molar-refractivity contribution in [1.82, 2.24) is 4.72 Å². The number of rotatable bonds is 6. The van der Waals surface area contributed by atoms with Gasteiger partial charge < -0.3 is 0 Å². The lowest BCUT2D eigenvalue weighted by Gasteiger charge is -2.24. The Morgan fingerprint density at radius 1 is 1.36 bits per heavy atom. The van der Waals surface area contributed by atoms with Crippen molar-refractivity contribution < 1.29 is 8.42 Å². The molecular formula is C9H18N2O2S. The van der Waals surface area contributed by atoms with E-state index in [1.807, 2.05) is 13.0 Å². The van der Waals surface area contributed by atoms with Crippen LogP contribution in [-0.2, 0) is 10.0 Å². The van der Waals surface area contributed by atoms with Gasteiger partial charge in [-0.25, -0.2) is 13.1 Å². The number of nitrogens with one attached hydrogen (secondary N) is 1. The van der Waals surface area contributed by atoms with E-state index in [4.69, 9.17) is 5.26 Å². The van der Waals surface area contributed by atoms with Gasteiger partial charge in [-0.3, -0.25) is 0 Å². The molecule has 1 unspecified atom stereocenters. The molecule has 0 aromatic heterocycles. The minimum absolute atomic E-state index is 0.326. The average Bonchev–Trinajstić information content (AvgIpc) is 2.13. The van der Waals surface area contributed by atoms with E-state index in [9.17, 15) is 8.42 Å². The molecule has 14 heavy (non-hydrogen) atoms. The van der Waals surface area contributed by atoms with E-state index in [2.05, 4.69) is 4.72 Å². The van der Waals surface area contributed by atoms with Gasteiger partial charge in [0.2, 0.25) is 10.0 Å². The zero-order valence-electron chi connectivity index (χ0n) is 9.00. The van der Waals surface area contributed by atoms with Crippen LogP contribution in [0.15, 0.2) is 0 Å². The van der Waals surface area contributed by atoms with Gasteiger partial charge in [0.1, 0.15) is 0 Å². The van der Waals surface area contributed by atoms with Crippen LogP contribution >= 0.6 is 0 Å². The molecule has 0 amide bonds. The molecule has 0 rings (SSSR count). The summed E-state index contributed by atoms with van der Waals surface area (Å²) in [7, 11) is -3.51. The maximum absolute atomic E-state index is 11.8. The molecule has 0 heterocycles. The largest absolute Gasteiger partial charge is 0.230 e. The molecule has 4 nitrogen and oxygen atoms in total. The molecule has 82 valence electrons. The van der Waals surface area contributed by atoms with E-state index in [1.54, 1.807) is 13.8 Å². The summed E-state index contributed by atoms with van der Waals surface area (Å²) in [5.41, 5.74) is 0. The molecule has 1 atom stereocenters. The third-order valence-electron chi connectivity index (χ3n) is 2.28. The fourth-order valence-corrected chi connectivity index (χ4v) is 3.06. The molecule has 1 N–H and O–H groups in total. The van der Waals surface area contributed by atoms with Gasteiger partial charge in [-0.1, -0.05) is 27.2 Å². The summed E-state index contributed by atoms with van der Waals surface area (Å²) in [6.07, 6.45) is 1.40. The number of nitriles is 1. The first kappa shape index (κ1) is 13.4. The quantitative estimate of drug-likeness (QED) is 0.732. The highest BCUT2D eigenvalue weighted by molar-refractivity contribution is 7.91. The Kier molecular flexibility index (Phi) is 5.09. The van der Waals surface area contributed by atoms with Crippen LogP contribution in [0.5, 0.6) is 0 Å². The average molecular weight is 218 g/mol. The molecule has 0 bridgehead atoms. The maximum Gasteiger partial charge on any atom is 0.230 e. The van der Waals surface area contributed by atoms with E-state index in [0.717, 1.165) is 0 Å². The zero-order chi connectivity index (χ0) is 11.2. The van der Waals surface area contributed by atoms with Crippen molar-refractivity contribution in [2.24, 2.45) is 0 Å². The highest BCUT2D eigenvalue weighted by atomic mass is 32.2. The monoisotopic (exact) mass is 218 g/mol. The molecule has 0 aliphatic carbocycles. The lowest BCUT2D eigenvalue weighted by atomic mass is 10.0. The molecule has 0 saturated carbocycles. The molecule has 0 aliphatic rings. The number of nitrogens with zero attached hydrogens (tertiary/aromatic N) is 1. The van der Waals surface area contributed by atoms with Crippen molar-refractivity contribution >= 4 is 10.0 Å².